The first kappa shape index (κ1) is 19.3. The van der Waals surface area contributed by atoms with Gasteiger partial charge in [0.25, 0.3) is 0 Å². The number of aryl methyl sites for hydroxylation is 1. The minimum atomic E-state index is -0.465. The third-order valence-electron chi connectivity index (χ3n) is 5.46. The Morgan fingerprint density at radius 2 is 2.17 bits per heavy atom. The summed E-state index contributed by atoms with van der Waals surface area (Å²) in [6.07, 6.45) is 3.44. The van der Waals surface area contributed by atoms with Crippen molar-refractivity contribution in [1.82, 2.24) is 20.1 Å². The molecule has 1 aliphatic heterocycles. The van der Waals surface area contributed by atoms with Gasteiger partial charge in [0.1, 0.15) is 0 Å². The average Bonchev–Trinajstić information content (AvgIpc) is 3.32. The van der Waals surface area contributed by atoms with Crippen molar-refractivity contribution < 1.29 is 14.0 Å². The van der Waals surface area contributed by atoms with Crippen LogP contribution in [0.15, 0.2) is 53.3 Å². The number of rotatable bonds is 7. The molecule has 152 valence electrons. The van der Waals surface area contributed by atoms with Crippen LogP contribution < -0.4 is 10.6 Å². The van der Waals surface area contributed by atoms with Crippen molar-refractivity contribution in [2.24, 2.45) is 0 Å². The lowest BCUT2D eigenvalue weighted by Gasteiger charge is -2.34. The van der Waals surface area contributed by atoms with E-state index in [1.807, 2.05) is 23.1 Å². The zero-order valence-electron chi connectivity index (χ0n) is 16.6. The van der Waals surface area contributed by atoms with Crippen LogP contribution in [-0.2, 0) is 22.7 Å². The summed E-state index contributed by atoms with van der Waals surface area (Å²) in [5.74, 6) is -0.208. The predicted octanol–water partition coefficient (Wildman–Crippen LogP) is 2.05. The summed E-state index contributed by atoms with van der Waals surface area (Å²) >= 11 is 0. The van der Waals surface area contributed by atoms with Crippen molar-refractivity contribution in [3.05, 3.63) is 60.2 Å². The molecule has 0 bridgehead atoms. The van der Waals surface area contributed by atoms with Crippen LogP contribution in [0.3, 0.4) is 0 Å². The second-order valence-electron chi connectivity index (χ2n) is 7.46. The van der Waals surface area contributed by atoms with E-state index in [1.165, 1.54) is 11.1 Å². The van der Waals surface area contributed by atoms with E-state index in [-0.39, 0.29) is 18.2 Å². The molecule has 0 unspecified atom stereocenters. The van der Waals surface area contributed by atoms with E-state index in [9.17, 15) is 9.59 Å². The molecule has 7 nitrogen and oxygen atoms in total. The number of furan rings is 1. The molecule has 1 fully saturated rings. The smallest absolute Gasteiger partial charge is 0.237 e. The van der Waals surface area contributed by atoms with Gasteiger partial charge in [-0.2, -0.15) is 0 Å². The Bertz CT molecular complexity index is 993. The summed E-state index contributed by atoms with van der Waals surface area (Å²) < 4.78 is 7.32. The van der Waals surface area contributed by atoms with Crippen molar-refractivity contribution in [2.45, 2.75) is 32.5 Å². The number of aromatic nitrogens is 1. The van der Waals surface area contributed by atoms with E-state index in [2.05, 4.69) is 40.3 Å². The molecular formula is C22H26N4O3. The van der Waals surface area contributed by atoms with Crippen LogP contribution in [0.25, 0.3) is 10.9 Å². The standard InChI is InChI=1S/C22H26N4O3/c1-16-12-18-4-2-3-5-19(18)26(16)10-8-23-21(27)13-20-22(28)24-7-9-25(20)14-17-6-11-29-15-17/h2-6,11-12,15,20H,7-10,13-14H2,1H3,(H,23,27)(H,24,28)/t20-/m1/s1. The molecule has 1 aliphatic rings. The Labute approximate surface area is 169 Å². The molecule has 4 rings (SSSR count). The molecule has 3 heterocycles. The molecule has 0 radical (unpaired) electrons. The lowest BCUT2D eigenvalue weighted by molar-refractivity contribution is -0.134. The fourth-order valence-corrected chi connectivity index (χ4v) is 3.99. The lowest BCUT2D eigenvalue weighted by atomic mass is 10.1. The Hall–Kier alpha value is -3.06. The zero-order valence-corrected chi connectivity index (χ0v) is 16.6. The molecule has 0 spiro atoms. The predicted molar refractivity (Wildman–Crippen MR) is 110 cm³/mol. The number of hydrogen-bond acceptors (Lipinski definition) is 4. The van der Waals surface area contributed by atoms with Crippen LogP contribution >= 0.6 is 0 Å². The van der Waals surface area contributed by atoms with Crippen LogP contribution in [0.2, 0.25) is 0 Å². The van der Waals surface area contributed by atoms with E-state index < -0.39 is 6.04 Å². The molecular weight excluding hydrogens is 368 g/mol. The highest BCUT2D eigenvalue weighted by Gasteiger charge is 2.31. The molecule has 2 amide bonds. The Kier molecular flexibility index (Phi) is 5.67. The number of nitrogens with zero attached hydrogens (tertiary/aromatic N) is 2. The minimum absolute atomic E-state index is 0.0952. The van der Waals surface area contributed by atoms with Gasteiger partial charge in [-0.25, -0.2) is 0 Å². The Morgan fingerprint density at radius 1 is 1.31 bits per heavy atom. The third kappa shape index (κ3) is 4.35. The maximum atomic E-state index is 12.5. The molecule has 2 aromatic heterocycles. The van der Waals surface area contributed by atoms with E-state index in [1.54, 1.807) is 12.5 Å². The van der Waals surface area contributed by atoms with Crippen molar-refractivity contribution in [2.75, 3.05) is 19.6 Å². The summed E-state index contributed by atoms with van der Waals surface area (Å²) in [5.41, 5.74) is 3.33. The van der Waals surface area contributed by atoms with Crippen LogP contribution in [0.4, 0.5) is 0 Å². The molecule has 1 saturated heterocycles. The topological polar surface area (TPSA) is 79.5 Å². The van der Waals surface area contributed by atoms with Crippen molar-refractivity contribution in [1.29, 1.82) is 0 Å². The van der Waals surface area contributed by atoms with Crippen molar-refractivity contribution in [3.8, 4) is 0 Å². The van der Waals surface area contributed by atoms with Gasteiger partial charge in [-0.05, 0) is 30.5 Å². The number of hydrogen-bond donors (Lipinski definition) is 2. The fourth-order valence-electron chi connectivity index (χ4n) is 3.99. The highest BCUT2D eigenvalue weighted by Crippen LogP contribution is 2.19. The van der Waals surface area contributed by atoms with Crippen molar-refractivity contribution in [3.63, 3.8) is 0 Å². The van der Waals surface area contributed by atoms with E-state index >= 15 is 0 Å². The number of carbonyl (C=O) groups excluding carboxylic acids is 2. The summed E-state index contributed by atoms with van der Waals surface area (Å²) in [7, 11) is 0. The van der Waals surface area contributed by atoms with Crippen LogP contribution in [0, 0.1) is 6.92 Å². The first-order valence-corrected chi connectivity index (χ1v) is 9.96. The average molecular weight is 394 g/mol. The van der Waals surface area contributed by atoms with Gasteiger partial charge in [-0.3, -0.25) is 14.5 Å². The molecule has 1 atom stereocenters. The third-order valence-corrected chi connectivity index (χ3v) is 5.46. The second kappa shape index (κ2) is 8.53. The Balaban J connectivity index is 1.34. The van der Waals surface area contributed by atoms with Gasteiger partial charge in [0.2, 0.25) is 11.8 Å². The Morgan fingerprint density at radius 3 is 3.00 bits per heavy atom. The van der Waals surface area contributed by atoms with Gasteiger partial charge in [0.15, 0.2) is 0 Å². The van der Waals surface area contributed by atoms with Gasteiger partial charge < -0.3 is 19.6 Å². The number of benzene rings is 1. The maximum Gasteiger partial charge on any atom is 0.237 e. The number of fused-ring (bicyclic) bond motifs is 1. The number of para-hydroxylation sites is 1. The summed E-state index contributed by atoms with van der Waals surface area (Å²) in [5, 5.41) is 7.04. The SMILES string of the molecule is Cc1cc2ccccc2n1CCNC(=O)C[C@@H]1C(=O)NCCN1Cc1ccoc1. The highest BCUT2D eigenvalue weighted by atomic mass is 16.3. The first-order chi connectivity index (χ1) is 14.1. The maximum absolute atomic E-state index is 12.5. The largest absolute Gasteiger partial charge is 0.472 e. The molecule has 0 saturated carbocycles. The molecule has 7 heteroatoms. The second-order valence-corrected chi connectivity index (χ2v) is 7.46. The first-order valence-electron chi connectivity index (χ1n) is 9.96. The number of amides is 2. The number of piperazine rings is 1. The van der Waals surface area contributed by atoms with E-state index in [0.717, 1.165) is 11.1 Å². The summed E-state index contributed by atoms with van der Waals surface area (Å²) in [6, 6.07) is 11.8. The molecule has 29 heavy (non-hydrogen) atoms. The lowest BCUT2D eigenvalue weighted by Crippen LogP contribution is -2.56. The van der Waals surface area contributed by atoms with Gasteiger partial charge in [0, 0.05) is 49.5 Å². The molecule has 2 N–H and O–H groups in total. The molecule has 0 aliphatic carbocycles. The van der Waals surface area contributed by atoms with E-state index in [0.29, 0.717) is 32.7 Å². The van der Waals surface area contributed by atoms with Crippen LogP contribution in [-0.4, -0.2) is 47.0 Å². The van der Waals surface area contributed by atoms with Gasteiger partial charge >= 0.3 is 0 Å². The minimum Gasteiger partial charge on any atom is -0.472 e. The molecule has 3 aromatic rings. The summed E-state index contributed by atoms with van der Waals surface area (Å²) in [6.45, 7) is 5.19. The van der Waals surface area contributed by atoms with Crippen molar-refractivity contribution >= 4 is 22.7 Å². The number of carbonyl (C=O) groups is 2. The quantitative estimate of drug-likeness (QED) is 0.643. The van der Waals surface area contributed by atoms with Crippen LogP contribution in [0.1, 0.15) is 17.7 Å². The zero-order chi connectivity index (χ0) is 20.2. The van der Waals surface area contributed by atoms with Crippen LogP contribution in [0.5, 0.6) is 0 Å². The van der Waals surface area contributed by atoms with Gasteiger partial charge in [0.05, 0.1) is 25.0 Å². The number of nitrogens with one attached hydrogen (secondary N) is 2. The van der Waals surface area contributed by atoms with Gasteiger partial charge in [-0.1, -0.05) is 18.2 Å². The highest BCUT2D eigenvalue weighted by molar-refractivity contribution is 5.88. The normalized spacial score (nSPS) is 17.4. The molecule has 1 aromatic carbocycles. The monoisotopic (exact) mass is 394 g/mol. The fraction of sp³-hybridized carbons (Fsp3) is 0.364. The van der Waals surface area contributed by atoms with E-state index in [4.69, 9.17) is 4.42 Å². The summed E-state index contributed by atoms with van der Waals surface area (Å²) in [4.78, 5) is 26.9. The van der Waals surface area contributed by atoms with Gasteiger partial charge in [-0.15, -0.1) is 0 Å².